The monoisotopic (exact) mass is 322 g/mol. The second-order valence-electron chi connectivity index (χ2n) is 5.25. The van der Waals surface area contributed by atoms with Crippen molar-refractivity contribution in [3.05, 3.63) is 71.3 Å². The number of hydrogen-bond donors (Lipinski definition) is 2. The van der Waals surface area contributed by atoms with Gasteiger partial charge in [0.05, 0.1) is 6.54 Å². The van der Waals surface area contributed by atoms with Gasteiger partial charge in [-0.1, -0.05) is 48.5 Å². The molecule has 24 heavy (non-hydrogen) atoms. The molecule has 0 unspecified atom stereocenters. The number of para-hydroxylation sites is 1. The molecule has 1 saturated heterocycles. The van der Waals surface area contributed by atoms with Crippen LogP contribution in [-0.4, -0.2) is 27.9 Å². The molecule has 0 aliphatic carbocycles. The van der Waals surface area contributed by atoms with Gasteiger partial charge in [0.1, 0.15) is 11.3 Å². The molecule has 4 amide bonds. The summed E-state index contributed by atoms with van der Waals surface area (Å²) in [5, 5.41) is 11.9. The summed E-state index contributed by atoms with van der Waals surface area (Å²) < 4.78 is 0. The van der Waals surface area contributed by atoms with Crippen molar-refractivity contribution in [1.29, 1.82) is 0 Å². The topological polar surface area (TPSA) is 86.7 Å². The molecule has 0 bridgehead atoms. The van der Waals surface area contributed by atoms with Gasteiger partial charge in [-0.2, -0.15) is 0 Å². The summed E-state index contributed by atoms with van der Waals surface area (Å²) in [6.45, 7) is 0.0525. The zero-order valence-electron chi connectivity index (χ0n) is 12.6. The van der Waals surface area contributed by atoms with E-state index < -0.39 is 17.8 Å². The Morgan fingerprint density at radius 1 is 0.958 bits per heavy atom. The van der Waals surface area contributed by atoms with Gasteiger partial charge in [0.2, 0.25) is 0 Å². The smallest absolute Gasteiger partial charge is 0.331 e. The van der Waals surface area contributed by atoms with Crippen molar-refractivity contribution in [2.75, 3.05) is 0 Å². The summed E-state index contributed by atoms with van der Waals surface area (Å²) in [7, 11) is 0. The van der Waals surface area contributed by atoms with Crippen LogP contribution in [0.15, 0.2) is 60.2 Å². The number of hydrogen-bond acceptors (Lipinski definition) is 4. The number of rotatable bonds is 3. The van der Waals surface area contributed by atoms with E-state index in [9.17, 15) is 19.5 Å². The lowest BCUT2D eigenvalue weighted by molar-refractivity contribution is -0.130. The number of amides is 4. The Morgan fingerprint density at radius 2 is 1.62 bits per heavy atom. The maximum absolute atomic E-state index is 12.6. The molecule has 6 nitrogen and oxygen atoms in total. The van der Waals surface area contributed by atoms with Crippen LogP contribution in [0.4, 0.5) is 4.79 Å². The van der Waals surface area contributed by atoms with Crippen molar-refractivity contribution < 1.29 is 19.5 Å². The minimum atomic E-state index is -0.780. The fraction of sp³-hybridized carbons (Fsp3) is 0.0556. The highest BCUT2D eigenvalue weighted by molar-refractivity contribution is 6.31. The third kappa shape index (κ3) is 3.03. The number of imide groups is 2. The number of phenols is 1. The first-order chi connectivity index (χ1) is 11.6. The van der Waals surface area contributed by atoms with Crippen molar-refractivity contribution in [2.24, 2.45) is 0 Å². The van der Waals surface area contributed by atoms with Crippen molar-refractivity contribution in [3.63, 3.8) is 0 Å². The molecule has 2 aromatic carbocycles. The lowest BCUT2D eigenvalue weighted by Gasteiger charge is -2.26. The maximum Gasteiger partial charge on any atom is 0.331 e. The van der Waals surface area contributed by atoms with E-state index in [1.54, 1.807) is 42.5 Å². The molecule has 1 fully saturated rings. The minimum absolute atomic E-state index is 0.0525. The van der Waals surface area contributed by atoms with Crippen LogP contribution in [0.5, 0.6) is 5.75 Å². The van der Waals surface area contributed by atoms with Crippen molar-refractivity contribution >= 4 is 23.9 Å². The number of carbonyl (C=O) groups is 3. The van der Waals surface area contributed by atoms with Gasteiger partial charge < -0.3 is 5.11 Å². The van der Waals surface area contributed by atoms with Gasteiger partial charge in [-0.3, -0.25) is 19.8 Å². The molecule has 1 aliphatic rings. The summed E-state index contributed by atoms with van der Waals surface area (Å²) in [4.78, 5) is 37.5. The van der Waals surface area contributed by atoms with Gasteiger partial charge in [-0.25, -0.2) is 4.79 Å². The summed E-state index contributed by atoms with van der Waals surface area (Å²) in [6.07, 6.45) is 1.28. The van der Waals surface area contributed by atoms with Crippen molar-refractivity contribution in [2.45, 2.75) is 6.54 Å². The van der Waals surface area contributed by atoms with Gasteiger partial charge >= 0.3 is 6.03 Å². The van der Waals surface area contributed by atoms with Crippen LogP contribution >= 0.6 is 0 Å². The number of aromatic hydroxyl groups is 1. The molecule has 0 saturated carbocycles. The quantitative estimate of drug-likeness (QED) is 0.669. The number of urea groups is 1. The van der Waals surface area contributed by atoms with Gasteiger partial charge in [0.15, 0.2) is 0 Å². The lowest BCUT2D eigenvalue weighted by Crippen LogP contribution is -2.53. The Morgan fingerprint density at radius 3 is 2.33 bits per heavy atom. The van der Waals surface area contributed by atoms with Gasteiger partial charge in [-0.05, 0) is 17.7 Å². The molecule has 0 radical (unpaired) electrons. The standard InChI is InChI=1S/C18H14N2O4/c21-15-9-5-4-8-13(15)10-14-16(22)19-18(24)20(17(14)23)11-12-6-2-1-3-7-12/h1-10,21H,11H2,(H,19,22,24). The molecule has 2 aromatic rings. The molecule has 3 rings (SSSR count). The summed E-state index contributed by atoms with van der Waals surface area (Å²) in [5.41, 5.74) is 0.884. The average molecular weight is 322 g/mol. The summed E-state index contributed by atoms with van der Waals surface area (Å²) >= 11 is 0. The number of benzene rings is 2. The average Bonchev–Trinajstić information content (AvgIpc) is 2.58. The van der Waals surface area contributed by atoms with Crippen LogP contribution in [0, 0.1) is 0 Å². The van der Waals surface area contributed by atoms with Crippen LogP contribution in [0.3, 0.4) is 0 Å². The van der Waals surface area contributed by atoms with Crippen LogP contribution < -0.4 is 5.32 Å². The normalized spacial score (nSPS) is 16.4. The fourth-order valence-electron chi connectivity index (χ4n) is 2.37. The second-order valence-corrected chi connectivity index (χ2v) is 5.25. The molecule has 0 atom stereocenters. The van der Waals surface area contributed by atoms with E-state index in [0.29, 0.717) is 5.56 Å². The van der Waals surface area contributed by atoms with Crippen LogP contribution in [0.1, 0.15) is 11.1 Å². The van der Waals surface area contributed by atoms with E-state index in [0.717, 1.165) is 10.5 Å². The molecular formula is C18H14N2O4. The van der Waals surface area contributed by atoms with E-state index in [1.165, 1.54) is 12.1 Å². The Kier molecular flexibility index (Phi) is 4.11. The summed E-state index contributed by atoms with van der Waals surface area (Å²) in [5.74, 6) is -1.54. The van der Waals surface area contributed by atoms with E-state index in [2.05, 4.69) is 5.32 Å². The zero-order chi connectivity index (χ0) is 17.1. The second kappa shape index (κ2) is 6.37. The highest BCUT2D eigenvalue weighted by Crippen LogP contribution is 2.22. The molecule has 2 N–H and O–H groups in total. The lowest BCUT2D eigenvalue weighted by atomic mass is 10.1. The molecule has 0 spiro atoms. The predicted molar refractivity (Wildman–Crippen MR) is 86.6 cm³/mol. The third-order valence-corrected chi connectivity index (χ3v) is 3.61. The number of carbonyl (C=O) groups excluding carboxylic acids is 3. The minimum Gasteiger partial charge on any atom is -0.507 e. The molecule has 1 aliphatic heterocycles. The first-order valence-corrected chi connectivity index (χ1v) is 7.27. The largest absolute Gasteiger partial charge is 0.507 e. The van der Waals surface area contributed by atoms with Crippen LogP contribution in [-0.2, 0) is 16.1 Å². The van der Waals surface area contributed by atoms with Crippen LogP contribution in [0.2, 0.25) is 0 Å². The first kappa shape index (κ1) is 15.5. The fourth-order valence-corrected chi connectivity index (χ4v) is 2.37. The van der Waals surface area contributed by atoms with Crippen LogP contribution in [0.25, 0.3) is 6.08 Å². The van der Waals surface area contributed by atoms with Crippen molar-refractivity contribution in [3.8, 4) is 5.75 Å². The van der Waals surface area contributed by atoms with Gasteiger partial charge in [0, 0.05) is 5.56 Å². The molecule has 6 heteroatoms. The van der Waals surface area contributed by atoms with Crippen molar-refractivity contribution in [1.82, 2.24) is 10.2 Å². The first-order valence-electron chi connectivity index (χ1n) is 7.27. The van der Waals surface area contributed by atoms with Gasteiger partial charge in [0.25, 0.3) is 11.8 Å². The Hall–Kier alpha value is -3.41. The number of phenolic OH excluding ortho intramolecular Hbond substituents is 1. The molecular weight excluding hydrogens is 308 g/mol. The summed E-state index contributed by atoms with van der Waals surface area (Å²) in [6, 6.07) is 14.5. The SMILES string of the molecule is O=C1NC(=O)N(Cc2ccccc2)C(=O)C1=Cc1ccccc1O. The Balaban J connectivity index is 1.93. The highest BCUT2D eigenvalue weighted by Gasteiger charge is 2.35. The van der Waals surface area contributed by atoms with E-state index >= 15 is 0 Å². The highest BCUT2D eigenvalue weighted by atomic mass is 16.3. The third-order valence-electron chi connectivity index (χ3n) is 3.61. The molecule has 120 valence electrons. The maximum atomic E-state index is 12.6. The Bertz CT molecular complexity index is 843. The van der Waals surface area contributed by atoms with E-state index in [4.69, 9.17) is 0 Å². The zero-order valence-corrected chi connectivity index (χ0v) is 12.6. The predicted octanol–water partition coefficient (Wildman–Crippen LogP) is 2.05. The Labute approximate surface area is 138 Å². The molecule has 1 heterocycles. The number of nitrogens with zero attached hydrogens (tertiary/aromatic N) is 1. The van der Waals surface area contributed by atoms with Gasteiger partial charge in [-0.15, -0.1) is 0 Å². The molecule has 0 aromatic heterocycles. The van der Waals surface area contributed by atoms with E-state index in [-0.39, 0.29) is 17.9 Å². The van der Waals surface area contributed by atoms with E-state index in [1.807, 2.05) is 6.07 Å². The number of barbiturate groups is 1. The number of nitrogens with one attached hydrogen (secondary N) is 1.